The largest absolute Gasteiger partial charge is 0.303 e. The predicted octanol–water partition coefficient (Wildman–Crippen LogP) is 4.74. The Kier molecular flexibility index (Phi) is 8.74. The fourth-order valence-corrected chi connectivity index (χ4v) is 1.97. The number of unbranched alkanes of at least 4 members (excludes halogenated alkanes) is 5. The van der Waals surface area contributed by atoms with E-state index in [2.05, 4.69) is 20.8 Å². The molecule has 0 heterocycles. The van der Waals surface area contributed by atoms with E-state index in [9.17, 15) is 4.79 Å². The second kappa shape index (κ2) is 8.94. The first-order valence-electron chi connectivity index (χ1n) is 6.56. The minimum atomic E-state index is 0.528. The lowest BCUT2D eigenvalue weighted by Gasteiger charge is -2.24. The molecule has 15 heavy (non-hydrogen) atoms. The number of carbonyl (C=O) groups is 1. The van der Waals surface area contributed by atoms with Gasteiger partial charge in [0.25, 0.3) is 0 Å². The molecule has 0 atom stereocenters. The highest BCUT2D eigenvalue weighted by Gasteiger charge is 2.15. The van der Waals surface area contributed by atoms with Crippen molar-refractivity contribution >= 4 is 6.29 Å². The van der Waals surface area contributed by atoms with Crippen molar-refractivity contribution in [1.82, 2.24) is 0 Å². The van der Waals surface area contributed by atoms with Gasteiger partial charge in [-0.05, 0) is 24.7 Å². The van der Waals surface area contributed by atoms with Crippen LogP contribution in [0.3, 0.4) is 0 Å². The van der Waals surface area contributed by atoms with Crippen molar-refractivity contribution in [1.29, 1.82) is 0 Å². The molecular weight excluding hydrogens is 184 g/mol. The average Bonchev–Trinajstić information content (AvgIpc) is 2.20. The van der Waals surface area contributed by atoms with Gasteiger partial charge >= 0.3 is 0 Å². The molecule has 0 saturated carbocycles. The van der Waals surface area contributed by atoms with E-state index >= 15 is 0 Å². The number of aldehydes is 1. The summed E-state index contributed by atoms with van der Waals surface area (Å²) in [5.74, 6) is 0. The smallest absolute Gasteiger partial charge is 0.119 e. The van der Waals surface area contributed by atoms with Crippen LogP contribution in [-0.2, 0) is 4.79 Å². The van der Waals surface area contributed by atoms with Crippen LogP contribution in [-0.4, -0.2) is 6.29 Å². The third-order valence-corrected chi connectivity index (χ3v) is 3.13. The van der Waals surface area contributed by atoms with Crippen LogP contribution in [0.15, 0.2) is 0 Å². The van der Waals surface area contributed by atoms with Crippen LogP contribution in [0.25, 0.3) is 0 Å². The summed E-state index contributed by atoms with van der Waals surface area (Å²) < 4.78 is 0. The minimum absolute atomic E-state index is 0.528. The maximum Gasteiger partial charge on any atom is 0.119 e. The van der Waals surface area contributed by atoms with Crippen LogP contribution in [0.1, 0.15) is 78.6 Å². The van der Waals surface area contributed by atoms with Crippen LogP contribution in [0, 0.1) is 5.41 Å². The molecule has 1 heteroatoms. The summed E-state index contributed by atoms with van der Waals surface area (Å²) >= 11 is 0. The Morgan fingerprint density at radius 3 is 2.13 bits per heavy atom. The summed E-state index contributed by atoms with van der Waals surface area (Å²) in [6.07, 6.45) is 12.1. The Labute approximate surface area is 95.6 Å². The second-order valence-corrected chi connectivity index (χ2v) is 5.39. The van der Waals surface area contributed by atoms with Gasteiger partial charge in [-0.25, -0.2) is 0 Å². The van der Waals surface area contributed by atoms with E-state index in [1.54, 1.807) is 0 Å². The Balaban J connectivity index is 3.35. The van der Waals surface area contributed by atoms with E-state index in [4.69, 9.17) is 0 Å². The molecule has 0 rings (SSSR count). The lowest BCUT2D eigenvalue weighted by atomic mass is 9.82. The van der Waals surface area contributed by atoms with Crippen LogP contribution in [0.5, 0.6) is 0 Å². The van der Waals surface area contributed by atoms with Crippen LogP contribution < -0.4 is 0 Å². The third kappa shape index (κ3) is 9.96. The number of hydrogen-bond donors (Lipinski definition) is 0. The topological polar surface area (TPSA) is 17.1 Å². The van der Waals surface area contributed by atoms with E-state index in [1.807, 2.05) is 0 Å². The molecule has 0 aliphatic heterocycles. The molecule has 0 aliphatic rings. The Hall–Kier alpha value is -0.330. The minimum Gasteiger partial charge on any atom is -0.303 e. The monoisotopic (exact) mass is 212 g/mol. The molecule has 0 unspecified atom stereocenters. The molecule has 0 bridgehead atoms. The molecule has 0 amide bonds. The molecule has 0 spiro atoms. The van der Waals surface area contributed by atoms with Gasteiger partial charge in [-0.3, -0.25) is 0 Å². The van der Waals surface area contributed by atoms with Gasteiger partial charge in [-0.15, -0.1) is 0 Å². The highest BCUT2D eigenvalue weighted by molar-refractivity contribution is 5.48. The Morgan fingerprint density at radius 2 is 1.53 bits per heavy atom. The molecule has 0 aromatic carbocycles. The van der Waals surface area contributed by atoms with Gasteiger partial charge in [0.05, 0.1) is 0 Å². The zero-order valence-electron chi connectivity index (χ0n) is 10.8. The zero-order chi connectivity index (χ0) is 11.6. The predicted molar refractivity (Wildman–Crippen MR) is 67.1 cm³/mol. The number of carbonyl (C=O) groups excluding carboxylic acids is 1. The molecule has 0 radical (unpaired) electrons. The number of rotatable bonds is 10. The molecule has 0 aliphatic carbocycles. The number of hydrogen-bond acceptors (Lipinski definition) is 1. The third-order valence-electron chi connectivity index (χ3n) is 3.13. The van der Waals surface area contributed by atoms with Crippen LogP contribution in [0.4, 0.5) is 0 Å². The molecule has 1 nitrogen and oxygen atoms in total. The molecule has 0 fully saturated rings. The fraction of sp³-hybridized carbons (Fsp3) is 0.929. The Morgan fingerprint density at radius 1 is 0.933 bits per heavy atom. The van der Waals surface area contributed by atoms with Crippen molar-refractivity contribution in [3.63, 3.8) is 0 Å². The molecule has 90 valence electrons. The lowest BCUT2D eigenvalue weighted by molar-refractivity contribution is -0.107. The van der Waals surface area contributed by atoms with Gasteiger partial charge in [0.2, 0.25) is 0 Å². The van der Waals surface area contributed by atoms with Crippen molar-refractivity contribution in [2.24, 2.45) is 5.41 Å². The van der Waals surface area contributed by atoms with E-state index in [0.717, 1.165) is 19.1 Å². The van der Waals surface area contributed by atoms with Crippen molar-refractivity contribution in [3.8, 4) is 0 Å². The summed E-state index contributed by atoms with van der Waals surface area (Å²) in [7, 11) is 0. The second-order valence-electron chi connectivity index (χ2n) is 5.39. The Bertz CT molecular complexity index is 149. The first-order valence-corrected chi connectivity index (χ1v) is 6.56. The summed E-state index contributed by atoms with van der Waals surface area (Å²) in [5.41, 5.74) is 0.528. The van der Waals surface area contributed by atoms with E-state index < -0.39 is 0 Å². The van der Waals surface area contributed by atoms with Gasteiger partial charge in [0.15, 0.2) is 0 Å². The highest BCUT2D eigenvalue weighted by Crippen LogP contribution is 2.29. The summed E-state index contributed by atoms with van der Waals surface area (Å²) in [5, 5.41) is 0. The SMILES string of the molecule is CCCCC(C)(C)CCCCCCC=O. The first kappa shape index (κ1) is 14.7. The fourth-order valence-electron chi connectivity index (χ4n) is 1.97. The normalized spacial score (nSPS) is 11.7. The van der Waals surface area contributed by atoms with Crippen LogP contribution >= 0.6 is 0 Å². The maximum absolute atomic E-state index is 10.1. The van der Waals surface area contributed by atoms with Gasteiger partial charge < -0.3 is 4.79 Å². The molecule has 0 aromatic rings. The molecule has 0 N–H and O–H groups in total. The average molecular weight is 212 g/mol. The van der Waals surface area contributed by atoms with Gasteiger partial charge in [0.1, 0.15) is 6.29 Å². The van der Waals surface area contributed by atoms with Crippen molar-refractivity contribution in [2.45, 2.75) is 78.6 Å². The molecule has 0 saturated heterocycles. The standard InChI is InChI=1S/C14H28O/c1-4-5-11-14(2,3)12-9-7-6-8-10-13-15/h13H,4-12H2,1-3H3. The summed E-state index contributed by atoms with van der Waals surface area (Å²) in [4.78, 5) is 10.1. The summed E-state index contributed by atoms with van der Waals surface area (Å²) in [6.45, 7) is 7.03. The molecule has 0 aromatic heterocycles. The first-order chi connectivity index (χ1) is 7.12. The van der Waals surface area contributed by atoms with Gasteiger partial charge in [-0.1, -0.05) is 52.9 Å². The van der Waals surface area contributed by atoms with E-state index in [-0.39, 0.29) is 0 Å². The van der Waals surface area contributed by atoms with Crippen molar-refractivity contribution in [3.05, 3.63) is 0 Å². The zero-order valence-corrected chi connectivity index (χ0v) is 10.8. The van der Waals surface area contributed by atoms with E-state index in [0.29, 0.717) is 5.41 Å². The van der Waals surface area contributed by atoms with Crippen molar-refractivity contribution in [2.75, 3.05) is 0 Å². The van der Waals surface area contributed by atoms with E-state index in [1.165, 1.54) is 44.9 Å². The lowest BCUT2D eigenvalue weighted by Crippen LogP contribution is -2.10. The highest BCUT2D eigenvalue weighted by atomic mass is 16.1. The van der Waals surface area contributed by atoms with Gasteiger partial charge in [0, 0.05) is 6.42 Å². The van der Waals surface area contributed by atoms with Gasteiger partial charge in [-0.2, -0.15) is 0 Å². The maximum atomic E-state index is 10.1. The molecular formula is C14H28O. The summed E-state index contributed by atoms with van der Waals surface area (Å²) in [6, 6.07) is 0. The van der Waals surface area contributed by atoms with Crippen molar-refractivity contribution < 1.29 is 4.79 Å². The quantitative estimate of drug-likeness (QED) is 0.377. The van der Waals surface area contributed by atoms with Crippen LogP contribution in [0.2, 0.25) is 0 Å².